The molecule has 0 radical (unpaired) electrons. The Morgan fingerprint density at radius 2 is 1.94 bits per heavy atom. The van der Waals surface area contributed by atoms with Gasteiger partial charge in [0, 0.05) is 12.1 Å². The molecule has 0 spiro atoms. The predicted molar refractivity (Wildman–Crippen MR) is 63.2 cm³/mol. The van der Waals surface area contributed by atoms with Gasteiger partial charge in [-0.15, -0.1) is 0 Å². The molecule has 0 atom stereocenters. The summed E-state index contributed by atoms with van der Waals surface area (Å²) in [7, 11) is 0. The molecule has 0 bridgehead atoms. The standard InChI is InChI=1S/C13H15NO2/c1-11(15)7-5-6-10-14-13(16)12-8-3-2-4-9-12/h2-5,7-9H,6,10H2,1H3,(H,14,16). The Balaban J connectivity index is 2.29. The molecule has 0 aliphatic carbocycles. The van der Waals surface area contributed by atoms with Crippen LogP contribution in [0.25, 0.3) is 0 Å². The summed E-state index contributed by atoms with van der Waals surface area (Å²) in [5.74, 6) is -0.0637. The summed E-state index contributed by atoms with van der Waals surface area (Å²) < 4.78 is 0. The summed E-state index contributed by atoms with van der Waals surface area (Å²) in [4.78, 5) is 22.1. The highest BCUT2D eigenvalue weighted by atomic mass is 16.1. The van der Waals surface area contributed by atoms with E-state index in [4.69, 9.17) is 0 Å². The molecular formula is C13H15NO2. The molecule has 0 saturated carbocycles. The highest BCUT2D eigenvalue weighted by molar-refractivity contribution is 5.94. The molecule has 0 aliphatic rings. The lowest BCUT2D eigenvalue weighted by molar-refractivity contribution is -0.112. The van der Waals surface area contributed by atoms with E-state index in [0.717, 1.165) is 0 Å². The smallest absolute Gasteiger partial charge is 0.251 e. The van der Waals surface area contributed by atoms with Crippen LogP contribution in [-0.2, 0) is 4.79 Å². The monoisotopic (exact) mass is 217 g/mol. The Labute approximate surface area is 95.2 Å². The van der Waals surface area contributed by atoms with Gasteiger partial charge in [0.25, 0.3) is 5.91 Å². The van der Waals surface area contributed by atoms with Gasteiger partial charge < -0.3 is 5.32 Å². The Morgan fingerprint density at radius 3 is 2.56 bits per heavy atom. The van der Waals surface area contributed by atoms with Crippen LogP contribution in [0.5, 0.6) is 0 Å². The van der Waals surface area contributed by atoms with Gasteiger partial charge in [0.1, 0.15) is 0 Å². The highest BCUT2D eigenvalue weighted by Gasteiger charge is 2.01. The number of benzene rings is 1. The fraction of sp³-hybridized carbons (Fsp3) is 0.231. The van der Waals surface area contributed by atoms with Crippen LogP contribution in [-0.4, -0.2) is 18.2 Å². The number of allylic oxidation sites excluding steroid dienone is 1. The molecule has 1 aromatic carbocycles. The van der Waals surface area contributed by atoms with E-state index in [2.05, 4.69) is 5.32 Å². The van der Waals surface area contributed by atoms with E-state index in [1.807, 2.05) is 18.2 Å². The van der Waals surface area contributed by atoms with Crippen molar-refractivity contribution in [3.8, 4) is 0 Å². The number of rotatable bonds is 5. The summed E-state index contributed by atoms with van der Waals surface area (Å²) >= 11 is 0. The molecule has 1 aromatic rings. The van der Waals surface area contributed by atoms with E-state index in [9.17, 15) is 9.59 Å². The van der Waals surface area contributed by atoms with Crippen molar-refractivity contribution in [2.24, 2.45) is 0 Å². The number of ketones is 1. The van der Waals surface area contributed by atoms with E-state index in [-0.39, 0.29) is 11.7 Å². The third-order valence-corrected chi connectivity index (χ3v) is 1.99. The second-order valence-electron chi connectivity index (χ2n) is 3.42. The summed E-state index contributed by atoms with van der Waals surface area (Å²) in [6, 6.07) is 9.04. The first-order valence-electron chi connectivity index (χ1n) is 5.20. The van der Waals surface area contributed by atoms with Crippen LogP contribution in [0.1, 0.15) is 23.7 Å². The molecule has 3 nitrogen and oxygen atoms in total. The molecule has 1 amide bonds. The van der Waals surface area contributed by atoms with Crippen LogP contribution in [0.3, 0.4) is 0 Å². The number of hydrogen-bond donors (Lipinski definition) is 1. The molecule has 1 N–H and O–H groups in total. The second kappa shape index (κ2) is 6.56. The van der Waals surface area contributed by atoms with Gasteiger partial charge in [-0.2, -0.15) is 0 Å². The number of carbonyl (C=O) groups is 2. The number of amides is 1. The van der Waals surface area contributed by atoms with E-state index in [1.165, 1.54) is 13.0 Å². The van der Waals surface area contributed by atoms with Crippen LogP contribution in [0, 0.1) is 0 Å². The summed E-state index contributed by atoms with van der Waals surface area (Å²) in [5.41, 5.74) is 0.651. The average molecular weight is 217 g/mol. The van der Waals surface area contributed by atoms with Crippen molar-refractivity contribution in [1.82, 2.24) is 5.32 Å². The van der Waals surface area contributed by atoms with Crippen LogP contribution in [0.15, 0.2) is 42.5 Å². The van der Waals surface area contributed by atoms with E-state index in [0.29, 0.717) is 18.5 Å². The first kappa shape index (κ1) is 12.2. The fourth-order valence-corrected chi connectivity index (χ4v) is 1.21. The lowest BCUT2D eigenvalue weighted by Gasteiger charge is -2.02. The average Bonchev–Trinajstić information content (AvgIpc) is 2.29. The maximum Gasteiger partial charge on any atom is 0.251 e. The van der Waals surface area contributed by atoms with E-state index < -0.39 is 0 Å². The lowest BCUT2D eigenvalue weighted by atomic mass is 10.2. The molecular weight excluding hydrogens is 202 g/mol. The second-order valence-corrected chi connectivity index (χ2v) is 3.42. The maximum absolute atomic E-state index is 11.5. The maximum atomic E-state index is 11.5. The van der Waals surface area contributed by atoms with Gasteiger partial charge >= 0.3 is 0 Å². The summed E-state index contributed by atoms with van der Waals surface area (Å²) in [6.07, 6.45) is 3.93. The zero-order chi connectivity index (χ0) is 11.8. The third kappa shape index (κ3) is 4.55. The largest absolute Gasteiger partial charge is 0.352 e. The zero-order valence-corrected chi connectivity index (χ0v) is 9.27. The van der Waals surface area contributed by atoms with Crippen molar-refractivity contribution >= 4 is 11.7 Å². The van der Waals surface area contributed by atoms with E-state index in [1.54, 1.807) is 18.2 Å². The number of hydrogen-bond acceptors (Lipinski definition) is 2. The molecule has 1 rings (SSSR count). The minimum absolute atomic E-state index is 0.0226. The third-order valence-electron chi connectivity index (χ3n) is 1.99. The minimum atomic E-state index is -0.0863. The molecule has 0 aromatic heterocycles. The molecule has 0 aliphatic heterocycles. The van der Waals surface area contributed by atoms with Gasteiger partial charge in [-0.05, 0) is 31.6 Å². The fourth-order valence-electron chi connectivity index (χ4n) is 1.21. The number of carbonyl (C=O) groups excluding carboxylic acids is 2. The van der Waals surface area contributed by atoms with Gasteiger partial charge in [0.05, 0.1) is 0 Å². The van der Waals surface area contributed by atoms with Crippen molar-refractivity contribution in [3.63, 3.8) is 0 Å². The Morgan fingerprint density at radius 1 is 1.25 bits per heavy atom. The molecule has 0 heterocycles. The highest BCUT2D eigenvalue weighted by Crippen LogP contribution is 1.97. The number of nitrogens with one attached hydrogen (secondary N) is 1. The van der Waals surface area contributed by atoms with Gasteiger partial charge in [-0.1, -0.05) is 24.3 Å². The Kier molecular flexibility index (Phi) is 4.99. The van der Waals surface area contributed by atoms with Crippen molar-refractivity contribution in [2.45, 2.75) is 13.3 Å². The van der Waals surface area contributed by atoms with Crippen molar-refractivity contribution < 1.29 is 9.59 Å². The molecule has 0 fully saturated rings. The van der Waals surface area contributed by atoms with Gasteiger partial charge in [0.2, 0.25) is 0 Å². The van der Waals surface area contributed by atoms with Crippen LogP contribution in [0.4, 0.5) is 0 Å². The molecule has 3 heteroatoms. The normalized spacial score (nSPS) is 10.3. The van der Waals surface area contributed by atoms with Crippen molar-refractivity contribution in [3.05, 3.63) is 48.0 Å². The van der Waals surface area contributed by atoms with Gasteiger partial charge in [0.15, 0.2) is 5.78 Å². The van der Waals surface area contributed by atoms with Crippen molar-refractivity contribution in [1.29, 1.82) is 0 Å². The predicted octanol–water partition coefficient (Wildman–Crippen LogP) is 1.95. The quantitative estimate of drug-likeness (QED) is 0.605. The molecule has 0 saturated heterocycles. The first-order valence-corrected chi connectivity index (χ1v) is 5.20. The Hall–Kier alpha value is -1.90. The molecule has 16 heavy (non-hydrogen) atoms. The minimum Gasteiger partial charge on any atom is -0.352 e. The van der Waals surface area contributed by atoms with Crippen LogP contribution < -0.4 is 5.32 Å². The van der Waals surface area contributed by atoms with Gasteiger partial charge in [-0.3, -0.25) is 9.59 Å². The lowest BCUT2D eigenvalue weighted by Crippen LogP contribution is -2.23. The topological polar surface area (TPSA) is 46.2 Å². The van der Waals surface area contributed by atoms with E-state index >= 15 is 0 Å². The summed E-state index contributed by atoms with van der Waals surface area (Å²) in [6.45, 7) is 2.04. The SMILES string of the molecule is CC(=O)C=CCCNC(=O)c1ccccc1. The van der Waals surface area contributed by atoms with Crippen LogP contribution in [0.2, 0.25) is 0 Å². The van der Waals surface area contributed by atoms with Crippen LogP contribution >= 0.6 is 0 Å². The zero-order valence-electron chi connectivity index (χ0n) is 9.27. The summed E-state index contributed by atoms with van der Waals surface area (Å²) in [5, 5.41) is 2.77. The molecule has 84 valence electrons. The molecule has 0 unspecified atom stereocenters. The van der Waals surface area contributed by atoms with Gasteiger partial charge in [-0.25, -0.2) is 0 Å². The Bertz CT molecular complexity index is 382. The first-order chi connectivity index (χ1) is 7.70. The van der Waals surface area contributed by atoms with Crippen molar-refractivity contribution in [2.75, 3.05) is 6.54 Å².